The zero-order valence-corrected chi connectivity index (χ0v) is 16.6. The number of hydrogen-bond donors (Lipinski definition) is 0. The molecule has 1 aliphatic rings. The van der Waals surface area contributed by atoms with Crippen LogP contribution in [0.3, 0.4) is 0 Å². The van der Waals surface area contributed by atoms with Crippen molar-refractivity contribution >= 4 is 58.1 Å². The molecular formula is C17H15Cl4N3O2. The smallest absolute Gasteiger partial charge is 0.260 e. The van der Waals surface area contributed by atoms with Gasteiger partial charge >= 0.3 is 0 Å². The fourth-order valence-corrected chi connectivity index (χ4v) is 3.46. The summed E-state index contributed by atoms with van der Waals surface area (Å²) in [5.41, 5.74) is 0. The number of benzene rings is 1. The number of carbonyl (C=O) groups excluding carboxylic acids is 1. The van der Waals surface area contributed by atoms with Gasteiger partial charge in [-0.2, -0.15) is 0 Å². The monoisotopic (exact) mass is 433 g/mol. The van der Waals surface area contributed by atoms with Crippen LogP contribution in [0.2, 0.25) is 20.1 Å². The third-order valence-electron chi connectivity index (χ3n) is 3.96. The molecule has 1 aromatic heterocycles. The molecule has 0 radical (unpaired) electrons. The number of halogens is 4. The van der Waals surface area contributed by atoms with Gasteiger partial charge in [-0.15, -0.1) is 0 Å². The number of carbonyl (C=O) groups is 1. The van der Waals surface area contributed by atoms with Gasteiger partial charge in [0.1, 0.15) is 11.6 Å². The lowest BCUT2D eigenvalue weighted by molar-refractivity contribution is -0.133. The van der Waals surface area contributed by atoms with E-state index in [4.69, 9.17) is 51.1 Å². The molecule has 1 saturated heterocycles. The van der Waals surface area contributed by atoms with E-state index in [0.29, 0.717) is 57.8 Å². The van der Waals surface area contributed by atoms with Crippen LogP contribution in [0.5, 0.6) is 5.75 Å². The number of ether oxygens (including phenoxy) is 1. The molecule has 0 saturated carbocycles. The highest BCUT2D eigenvalue weighted by Crippen LogP contribution is 2.28. The van der Waals surface area contributed by atoms with Crippen LogP contribution in [0.25, 0.3) is 0 Å². The van der Waals surface area contributed by atoms with Crippen LogP contribution < -0.4 is 9.64 Å². The molecule has 1 amide bonds. The number of pyridine rings is 1. The lowest BCUT2D eigenvalue weighted by Gasteiger charge is -2.35. The van der Waals surface area contributed by atoms with Gasteiger partial charge in [0.25, 0.3) is 5.91 Å². The number of amides is 1. The first-order chi connectivity index (χ1) is 12.4. The van der Waals surface area contributed by atoms with Crippen molar-refractivity contribution in [2.45, 2.75) is 0 Å². The predicted octanol–water partition coefficient (Wildman–Crippen LogP) is 4.42. The van der Waals surface area contributed by atoms with E-state index in [9.17, 15) is 4.79 Å². The average molecular weight is 435 g/mol. The van der Waals surface area contributed by atoms with E-state index in [0.717, 1.165) is 0 Å². The summed E-state index contributed by atoms with van der Waals surface area (Å²) in [6.07, 6.45) is 1.56. The van der Waals surface area contributed by atoms with E-state index in [-0.39, 0.29) is 12.5 Å². The largest absolute Gasteiger partial charge is 0.482 e. The Morgan fingerprint density at radius 3 is 2.42 bits per heavy atom. The summed E-state index contributed by atoms with van der Waals surface area (Å²) in [7, 11) is 0. The first-order valence-electron chi connectivity index (χ1n) is 7.85. The second kappa shape index (κ2) is 8.53. The maximum Gasteiger partial charge on any atom is 0.260 e. The Balaban J connectivity index is 1.54. The Morgan fingerprint density at radius 2 is 1.73 bits per heavy atom. The van der Waals surface area contributed by atoms with E-state index in [1.54, 1.807) is 35.4 Å². The molecule has 2 heterocycles. The van der Waals surface area contributed by atoms with Crippen LogP contribution in [0.4, 0.5) is 5.82 Å². The van der Waals surface area contributed by atoms with Crippen molar-refractivity contribution in [1.29, 1.82) is 0 Å². The quantitative estimate of drug-likeness (QED) is 0.714. The van der Waals surface area contributed by atoms with E-state index >= 15 is 0 Å². The zero-order chi connectivity index (χ0) is 18.7. The first-order valence-corrected chi connectivity index (χ1v) is 9.37. The number of aromatic nitrogens is 1. The molecule has 1 fully saturated rings. The number of hydrogen-bond acceptors (Lipinski definition) is 4. The summed E-state index contributed by atoms with van der Waals surface area (Å²) in [6.45, 7) is 2.24. The van der Waals surface area contributed by atoms with E-state index < -0.39 is 0 Å². The molecule has 9 heteroatoms. The van der Waals surface area contributed by atoms with E-state index in [2.05, 4.69) is 4.98 Å². The lowest BCUT2D eigenvalue weighted by Crippen LogP contribution is -2.50. The van der Waals surface area contributed by atoms with Gasteiger partial charge in [-0.1, -0.05) is 46.4 Å². The molecule has 0 bridgehead atoms. The Labute approximate surface area is 171 Å². The molecule has 3 rings (SSSR count). The van der Waals surface area contributed by atoms with Crippen molar-refractivity contribution < 1.29 is 9.53 Å². The molecule has 1 aromatic carbocycles. The highest BCUT2D eigenvalue weighted by molar-refractivity contribution is 6.36. The fraction of sp³-hybridized carbons (Fsp3) is 0.294. The van der Waals surface area contributed by atoms with Gasteiger partial charge in [-0.3, -0.25) is 4.79 Å². The van der Waals surface area contributed by atoms with Crippen molar-refractivity contribution in [3.63, 3.8) is 0 Å². The van der Waals surface area contributed by atoms with Gasteiger partial charge < -0.3 is 14.5 Å². The summed E-state index contributed by atoms with van der Waals surface area (Å²) in [6, 6.07) is 6.54. The third-order valence-corrected chi connectivity index (χ3v) is 5.00. The van der Waals surface area contributed by atoms with Gasteiger partial charge in [0.05, 0.1) is 15.1 Å². The van der Waals surface area contributed by atoms with E-state index in [1.165, 1.54) is 0 Å². The number of piperazine rings is 1. The summed E-state index contributed by atoms with van der Waals surface area (Å²) < 4.78 is 5.51. The molecule has 0 atom stereocenters. The normalized spacial score (nSPS) is 14.5. The maximum atomic E-state index is 12.4. The van der Waals surface area contributed by atoms with Crippen LogP contribution in [0, 0.1) is 0 Å². The van der Waals surface area contributed by atoms with Crippen LogP contribution in [0.1, 0.15) is 0 Å². The minimum Gasteiger partial charge on any atom is -0.482 e. The Kier molecular flexibility index (Phi) is 6.35. The van der Waals surface area contributed by atoms with Crippen molar-refractivity contribution in [1.82, 2.24) is 9.88 Å². The van der Waals surface area contributed by atoms with Crippen LogP contribution in [-0.2, 0) is 4.79 Å². The Morgan fingerprint density at radius 1 is 1.00 bits per heavy atom. The molecular weight excluding hydrogens is 420 g/mol. The van der Waals surface area contributed by atoms with Crippen molar-refractivity contribution in [3.05, 3.63) is 50.6 Å². The number of nitrogens with zero attached hydrogens (tertiary/aromatic N) is 3. The topological polar surface area (TPSA) is 45.7 Å². The van der Waals surface area contributed by atoms with Gasteiger partial charge in [-0.25, -0.2) is 4.98 Å². The number of rotatable bonds is 4. The minimum absolute atomic E-state index is 0.0972. The first kappa shape index (κ1) is 19.4. The number of anilines is 1. The zero-order valence-electron chi connectivity index (χ0n) is 13.6. The molecule has 2 aromatic rings. The molecule has 0 unspecified atom stereocenters. The second-order valence-electron chi connectivity index (χ2n) is 5.69. The van der Waals surface area contributed by atoms with Crippen LogP contribution in [0.15, 0.2) is 30.5 Å². The minimum atomic E-state index is -0.115. The summed E-state index contributed by atoms with van der Waals surface area (Å²) in [4.78, 5) is 20.4. The maximum absolute atomic E-state index is 12.4. The molecule has 1 aliphatic heterocycles. The van der Waals surface area contributed by atoms with Gasteiger partial charge in [0.2, 0.25) is 0 Å². The molecule has 0 N–H and O–H groups in total. The third kappa shape index (κ3) is 4.65. The standard InChI is InChI=1S/C17H15Cl4N3O2/c18-11-1-2-13(20)15(8-11)26-10-16(25)23-3-5-24(6-4-23)17-14(21)7-12(19)9-22-17/h1-2,7-9H,3-6,10H2. The van der Waals surface area contributed by atoms with Crippen LogP contribution >= 0.6 is 46.4 Å². The SMILES string of the molecule is O=C(COc1cc(Cl)ccc1Cl)N1CCN(c2ncc(Cl)cc2Cl)CC1. The Hall–Kier alpha value is -1.40. The van der Waals surface area contributed by atoms with Gasteiger partial charge in [-0.05, 0) is 18.2 Å². The van der Waals surface area contributed by atoms with Gasteiger partial charge in [0, 0.05) is 43.5 Å². The average Bonchev–Trinajstić information content (AvgIpc) is 2.62. The van der Waals surface area contributed by atoms with Crippen LogP contribution in [-0.4, -0.2) is 48.6 Å². The molecule has 26 heavy (non-hydrogen) atoms. The highest BCUT2D eigenvalue weighted by atomic mass is 35.5. The highest BCUT2D eigenvalue weighted by Gasteiger charge is 2.23. The summed E-state index contributed by atoms with van der Waals surface area (Å²) in [5, 5.41) is 1.90. The molecule has 138 valence electrons. The summed E-state index contributed by atoms with van der Waals surface area (Å²) in [5.74, 6) is 0.948. The second-order valence-corrected chi connectivity index (χ2v) is 7.38. The van der Waals surface area contributed by atoms with E-state index in [1.807, 2.05) is 4.90 Å². The predicted molar refractivity (Wildman–Crippen MR) is 105 cm³/mol. The van der Waals surface area contributed by atoms with Crippen molar-refractivity contribution in [2.24, 2.45) is 0 Å². The Bertz CT molecular complexity index is 811. The molecule has 0 aliphatic carbocycles. The fourth-order valence-electron chi connectivity index (χ4n) is 2.63. The molecule has 5 nitrogen and oxygen atoms in total. The van der Waals surface area contributed by atoms with Crippen molar-refractivity contribution in [3.8, 4) is 5.75 Å². The lowest BCUT2D eigenvalue weighted by atomic mass is 10.3. The van der Waals surface area contributed by atoms with Crippen molar-refractivity contribution in [2.75, 3.05) is 37.7 Å². The van der Waals surface area contributed by atoms with Gasteiger partial charge in [0.15, 0.2) is 6.61 Å². The summed E-state index contributed by atoms with van der Waals surface area (Å²) >= 11 is 24.0. The molecule has 0 spiro atoms.